The third-order valence-corrected chi connectivity index (χ3v) is 3.61. The van der Waals surface area contributed by atoms with Crippen molar-refractivity contribution in [2.24, 2.45) is 5.92 Å². The number of ether oxygens (including phenoxy) is 2. The Morgan fingerprint density at radius 2 is 2.08 bits per heavy atom. The second kappa shape index (κ2) is 8.38. The van der Waals surface area contributed by atoms with Crippen LogP contribution in [0.5, 0.6) is 5.75 Å². The Morgan fingerprint density at radius 1 is 1.29 bits per heavy atom. The summed E-state index contributed by atoms with van der Waals surface area (Å²) < 4.78 is 15.6. The van der Waals surface area contributed by atoms with E-state index in [0.717, 1.165) is 17.4 Å². The maximum Gasteiger partial charge on any atom is 0.310 e. The lowest BCUT2D eigenvalue weighted by Crippen LogP contribution is -2.30. The van der Waals surface area contributed by atoms with Crippen LogP contribution in [-0.4, -0.2) is 32.1 Å². The third kappa shape index (κ3) is 5.01. The van der Waals surface area contributed by atoms with Crippen LogP contribution in [0.3, 0.4) is 0 Å². The smallest absolute Gasteiger partial charge is 0.310 e. The number of furan rings is 1. The van der Waals surface area contributed by atoms with E-state index < -0.39 is 5.97 Å². The lowest BCUT2D eigenvalue weighted by atomic mass is 10.1. The van der Waals surface area contributed by atoms with Crippen LogP contribution in [0, 0.1) is 5.92 Å². The largest absolute Gasteiger partial charge is 0.497 e. The van der Waals surface area contributed by atoms with Gasteiger partial charge < -0.3 is 19.2 Å². The summed E-state index contributed by atoms with van der Waals surface area (Å²) in [6, 6.07) is 5.39. The number of benzene rings is 1. The molecular formula is C18H23NO5. The van der Waals surface area contributed by atoms with Gasteiger partial charge in [-0.25, -0.2) is 0 Å². The highest BCUT2D eigenvalue weighted by molar-refractivity contribution is 5.87. The van der Waals surface area contributed by atoms with Gasteiger partial charge in [0.15, 0.2) is 6.61 Å². The van der Waals surface area contributed by atoms with Gasteiger partial charge in [-0.15, -0.1) is 0 Å². The minimum atomic E-state index is -0.465. The van der Waals surface area contributed by atoms with Crippen LogP contribution in [0.25, 0.3) is 11.0 Å². The first-order valence-electron chi connectivity index (χ1n) is 7.96. The summed E-state index contributed by atoms with van der Waals surface area (Å²) in [6.07, 6.45) is 2.47. The molecule has 0 bridgehead atoms. The van der Waals surface area contributed by atoms with E-state index in [1.807, 2.05) is 6.07 Å². The molecule has 0 atom stereocenters. The van der Waals surface area contributed by atoms with Crippen LogP contribution in [-0.2, 0) is 20.7 Å². The van der Waals surface area contributed by atoms with E-state index in [1.54, 1.807) is 19.2 Å². The van der Waals surface area contributed by atoms with Crippen molar-refractivity contribution in [2.45, 2.75) is 26.7 Å². The molecule has 1 aromatic heterocycles. The highest BCUT2D eigenvalue weighted by Crippen LogP contribution is 2.25. The Labute approximate surface area is 141 Å². The van der Waals surface area contributed by atoms with Gasteiger partial charge in [0.25, 0.3) is 5.91 Å². The first kappa shape index (κ1) is 17.8. The van der Waals surface area contributed by atoms with E-state index in [2.05, 4.69) is 19.2 Å². The number of carbonyl (C=O) groups excluding carboxylic acids is 2. The molecule has 0 aliphatic rings. The first-order chi connectivity index (χ1) is 11.5. The average Bonchev–Trinajstić information content (AvgIpc) is 2.94. The molecule has 130 valence electrons. The molecule has 2 rings (SSSR count). The zero-order chi connectivity index (χ0) is 17.5. The number of esters is 1. The van der Waals surface area contributed by atoms with Crippen LogP contribution >= 0.6 is 0 Å². The maximum atomic E-state index is 11.9. The van der Waals surface area contributed by atoms with Gasteiger partial charge in [0.2, 0.25) is 0 Å². The highest BCUT2D eigenvalue weighted by Gasteiger charge is 2.13. The molecule has 6 nitrogen and oxygen atoms in total. The fourth-order valence-corrected chi connectivity index (χ4v) is 2.23. The van der Waals surface area contributed by atoms with Gasteiger partial charge in [-0.3, -0.25) is 9.59 Å². The molecule has 1 N–H and O–H groups in total. The van der Waals surface area contributed by atoms with Gasteiger partial charge in [0.1, 0.15) is 11.3 Å². The Kier molecular flexibility index (Phi) is 6.23. The number of fused-ring (bicyclic) bond motifs is 1. The first-order valence-corrected chi connectivity index (χ1v) is 7.96. The number of hydrogen-bond donors (Lipinski definition) is 1. The summed E-state index contributed by atoms with van der Waals surface area (Å²) in [6.45, 7) is 4.48. The fraction of sp³-hybridized carbons (Fsp3) is 0.444. The molecule has 0 saturated carbocycles. The standard InChI is InChI=1S/C18H23NO5/c1-12(2)6-7-19-17(20)11-24-18(21)8-13-10-23-16-9-14(22-3)4-5-15(13)16/h4-5,9-10,12H,6-8,11H2,1-3H3,(H,19,20). The Bertz CT molecular complexity index is 704. The number of rotatable bonds is 8. The number of nitrogens with one attached hydrogen (secondary N) is 1. The number of methoxy groups -OCH3 is 1. The molecule has 0 radical (unpaired) electrons. The molecule has 0 aliphatic carbocycles. The molecule has 6 heteroatoms. The van der Waals surface area contributed by atoms with Crippen molar-refractivity contribution in [3.63, 3.8) is 0 Å². The summed E-state index contributed by atoms with van der Waals surface area (Å²) in [5, 5.41) is 3.55. The number of carbonyl (C=O) groups is 2. The predicted molar refractivity (Wildman–Crippen MR) is 89.9 cm³/mol. The average molecular weight is 333 g/mol. The van der Waals surface area contributed by atoms with E-state index in [9.17, 15) is 9.59 Å². The summed E-state index contributed by atoms with van der Waals surface area (Å²) in [5.74, 6) is 0.447. The maximum absolute atomic E-state index is 11.9. The van der Waals surface area contributed by atoms with Crippen molar-refractivity contribution in [2.75, 3.05) is 20.3 Å². The molecule has 0 saturated heterocycles. The van der Waals surface area contributed by atoms with Gasteiger partial charge >= 0.3 is 5.97 Å². The molecule has 0 unspecified atom stereocenters. The minimum Gasteiger partial charge on any atom is -0.497 e. The predicted octanol–water partition coefficient (Wildman–Crippen LogP) is 2.69. The van der Waals surface area contributed by atoms with Crippen LogP contribution in [0.1, 0.15) is 25.8 Å². The fourth-order valence-electron chi connectivity index (χ4n) is 2.23. The van der Waals surface area contributed by atoms with Crippen molar-refractivity contribution < 1.29 is 23.5 Å². The summed E-state index contributed by atoms with van der Waals surface area (Å²) in [7, 11) is 1.58. The molecule has 1 amide bonds. The van der Waals surface area contributed by atoms with Crippen molar-refractivity contribution in [1.82, 2.24) is 5.32 Å². The molecular weight excluding hydrogens is 310 g/mol. The molecule has 0 fully saturated rings. The van der Waals surface area contributed by atoms with Gasteiger partial charge in [-0.1, -0.05) is 13.8 Å². The molecule has 1 aromatic carbocycles. The topological polar surface area (TPSA) is 77.8 Å². The zero-order valence-electron chi connectivity index (χ0n) is 14.3. The van der Waals surface area contributed by atoms with Crippen molar-refractivity contribution in [3.8, 4) is 5.75 Å². The lowest BCUT2D eigenvalue weighted by Gasteiger charge is -2.07. The second-order valence-electron chi connectivity index (χ2n) is 5.99. The van der Waals surface area contributed by atoms with Crippen molar-refractivity contribution in [3.05, 3.63) is 30.0 Å². The van der Waals surface area contributed by atoms with Crippen molar-refractivity contribution in [1.29, 1.82) is 0 Å². The van der Waals surface area contributed by atoms with Gasteiger partial charge in [0, 0.05) is 23.6 Å². The molecule has 0 aliphatic heterocycles. The minimum absolute atomic E-state index is 0.0542. The van der Waals surface area contributed by atoms with Crippen LogP contribution in [0.15, 0.2) is 28.9 Å². The third-order valence-electron chi connectivity index (χ3n) is 3.61. The Balaban J connectivity index is 1.83. The monoisotopic (exact) mass is 333 g/mol. The normalized spacial score (nSPS) is 10.8. The Hall–Kier alpha value is -2.50. The SMILES string of the molecule is COc1ccc2c(CC(=O)OCC(=O)NCCC(C)C)coc2c1. The number of amides is 1. The van der Waals surface area contributed by atoms with E-state index in [1.165, 1.54) is 6.26 Å². The van der Waals surface area contributed by atoms with Crippen LogP contribution in [0.2, 0.25) is 0 Å². The Morgan fingerprint density at radius 3 is 2.79 bits per heavy atom. The van der Waals surface area contributed by atoms with E-state index >= 15 is 0 Å². The van der Waals surface area contributed by atoms with Gasteiger partial charge in [-0.05, 0) is 24.5 Å². The van der Waals surface area contributed by atoms with Gasteiger partial charge in [0.05, 0.1) is 19.8 Å². The van der Waals surface area contributed by atoms with E-state index in [-0.39, 0.29) is 18.9 Å². The van der Waals surface area contributed by atoms with Crippen LogP contribution < -0.4 is 10.1 Å². The summed E-state index contributed by atoms with van der Waals surface area (Å²) in [5.41, 5.74) is 1.36. The lowest BCUT2D eigenvalue weighted by molar-refractivity contribution is -0.147. The quantitative estimate of drug-likeness (QED) is 0.752. The van der Waals surface area contributed by atoms with Crippen molar-refractivity contribution >= 4 is 22.8 Å². The van der Waals surface area contributed by atoms with E-state index in [4.69, 9.17) is 13.9 Å². The zero-order valence-corrected chi connectivity index (χ0v) is 14.3. The van der Waals surface area contributed by atoms with Crippen LogP contribution in [0.4, 0.5) is 0 Å². The summed E-state index contributed by atoms with van der Waals surface area (Å²) >= 11 is 0. The van der Waals surface area contributed by atoms with Gasteiger partial charge in [-0.2, -0.15) is 0 Å². The highest BCUT2D eigenvalue weighted by atomic mass is 16.5. The molecule has 0 spiro atoms. The number of hydrogen-bond acceptors (Lipinski definition) is 5. The summed E-state index contributed by atoms with van der Waals surface area (Å²) in [4.78, 5) is 23.5. The molecule has 1 heterocycles. The molecule has 2 aromatic rings. The second-order valence-corrected chi connectivity index (χ2v) is 5.99. The van der Waals surface area contributed by atoms with E-state index in [0.29, 0.717) is 23.8 Å². The molecule has 24 heavy (non-hydrogen) atoms.